The Bertz CT molecular complexity index is 1180. The van der Waals surface area contributed by atoms with Crippen molar-refractivity contribution in [2.45, 2.75) is 19.9 Å². The number of nitrogens with zero attached hydrogens (tertiary/aromatic N) is 4. The molecular formula is C24H25Cl3N4O4. The van der Waals surface area contributed by atoms with Gasteiger partial charge < -0.3 is 14.7 Å². The highest BCUT2D eigenvalue weighted by atomic mass is 35.5. The molecule has 0 aliphatic rings. The van der Waals surface area contributed by atoms with Crippen LogP contribution in [0.1, 0.15) is 29.4 Å². The van der Waals surface area contributed by atoms with Crippen molar-refractivity contribution in [3.05, 3.63) is 68.8 Å². The van der Waals surface area contributed by atoms with Crippen molar-refractivity contribution in [1.29, 1.82) is 0 Å². The smallest absolute Gasteiger partial charge is 0.304 e. The summed E-state index contributed by atoms with van der Waals surface area (Å²) < 4.78 is 7.63. The predicted molar refractivity (Wildman–Crippen MR) is 137 cm³/mol. The number of amides is 2. The summed E-state index contributed by atoms with van der Waals surface area (Å²) in [6.45, 7) is 2.49. The number of aliphatic hydroxyl groups excluding tert-OH is 1. The van der Waals surface area contributed by atoms with E-state index in [1.807, 2.05) is 12.1 Å². The molecule has 3 aromatic rings. The lowest BCUT2D eigenvalue weighted by molar-refractivity contribution is -0.107. The number of hydrogen-bond acceptors (Lipinski definition) is 5. The lowest BCUT2D eigenvalue weighted by Crippen LogP contribution is -2.32. The molecule has 0 atom stereocenters. The van der Waals surface area contributed by atoms with Crippen molar-refractivity contribution >= 4 is 52.9 Å². The number of ether oxygens (including phenoxy) is 1. The maximum absolute atomic E-state index is 13.6. The van der Waals surface area contributed by atoms with Crippen LogP contribution in [0.3, 0.4) is 0 Å². The molecule has 0 saturated carbocycles. The summed E-state index contributed by atoms with van der Waals surface area (Å²) in [6, 6.07) is 12.1. The van der Waals surface area contributed by atoms with Crippen LogP contribution in [0.2, 0.25) is 15.1 Å². The van der Waals surface area contributed by atoms with Gasteiger partial charge in [-0.3, -0.25) is 19.1 Å². The molecular weight excluding hydrogens is 515 g/mol. The van der Waals surface area contributed by atoms with Crippen LogP contribution in [0, 0.1) is 0 Å². The molecule has 35 heavy (non-hydrogen) atoms. The molecule has 0 aliphatic heterocycles. The first-order valence-corrected chi connectivity index (χ1v) is 12.0. The second-order valence-corrected chi connectivity index (χ2v) is 8.85. The minimum Gasteiger partial charge on any atom is -0.424 e. The lowest BCUT2D eigenvalue weighted by Gasteiger charge is -2.21. The van der Waals surface area contributed by atoms with Gasteiger partial charge in [-0.25, -0.2) is 0 Å². The molecule has 2 aromatic carbocycles. The van der Waals surface area contributed by atoms with Crippen LogP contribution in [-0.2, 0) is 11.3 Å². The van der Waals surface area contributed by atoms with E-state index in [9.17, 15) is 14.7 Å². The lowest BCUT2D eigenvalue weighted by atomic mass is 10.2. The number of aliphatic hydroxyl groups is 1. The van der Waals surface area contributed by atoms with Gasteiger partial charge in [0.2, 0.25) is 6.41 Å². The molecule has 0 aliphatic carbocycles. The summed E-state index contributed by atoms with van der Waals surface area (Å²) in [5, 5.41) is 10.3. The van der Waals surface area contributed by atoms with Crippen LogP contribution in [0.15, 0.2) is 42.5 Å². The van der Waals surface area contributed by atoms with Crippen LogP contribution in [0.5, 0.6) is 11.8 Å². The first kappa shape index (κ1) is 26.8. The standard InChI is InChI=1S/C24H25Cl3N4O4/c1-3-30(15-33)22-21(23(34)29(2)12-5-13-32)31(14-16-8-10-17(25)11-9-16)24(28-22)35-19-7-4-6-18(26)20(19)27/h4,6-11,15,32H,3,5,12-14H2,1-2H3. The van der Waals surface area contributed by atoms with Gasteiger partial charge >= 0.3 is 6.01 Å². The van der Waals surface area contributed by atoms with Crippen LogP contribution >= 0.6 is 34.8 Å². The number of aromatic nitrogens is 2. The SMILES string of the molecule is CCN(C=O)c1nc(Oc2cccc(Cl)c2Cl)n(Cc2ccc(Cl)cc2)c1C(=O)N(C)CCCO. The van der Waals surface area contributed by atoms with Gasteiger partial charge in [-0.2, -0.15) is 4.98 Å². The topological polar surface area (TPSA) is 87.9 Å². The van der Waals surface area contributed by atoms with E-state index in [4.69, 9.17) is 39.5 Å². The van der Waals surface area contributed by atoms with Gasteiger partial charge in [0.1, 0.15) is 5.02 Å². The average Bonchev–Trinajstić information content (AvgIpc) is 3.19. The van der Waals surface area contributed by atoms with E-state index in [0.29, 0.717) is 29.4 Å². The fraction of sp³-hybridized carbons (Fsp3) is 0.292. The largest absolute Gasteiger partial charge is 0.424 e. The van der Waals surface area contributed by atoms with Crippen molar-refractivity contribution < 1.29 is 19.4 Å². The quantitative estimate of drug-likeness (QED) is 0.342. The van der Waals surface area contributed by atoms with E-state index in [0.717, 1.165) is 5.56 Å². The molecule has 3 rings (SSSR count). The molecule has 2 amide bonds. The number of carbonyl (C=O) groups is 2. The van der Waals surface area contributed by atoms with E-state index < -0.39 is 0 Å². The van der Waals surface area contributed by atoms with E-state index in [-0.39, 0.29) is 53.9 Å². The number of hydrogen-bond donors (Lipinski definition) is 1. The Balaban J connectivity index is 2.19. The summed E-state index contributed by atoms with van der Waals surface area (Å²) in [4.78, 5) is 32.7. The van der Waals surface area contributed by atoms with Crippen molar-refractivity contribution in [3.63, 3.8) is 0 Å². The first-order valence-electron chi connectivity index (χ1n) is 10.9. The normalized spacial score (nSPS) is 10.8. The molecule has 186 valence electrons. The maximum Gasteiger partial charge on any atom is 0.304 e. The molecule has 0 saturated heterocycles. The van der Waals surface area contributed by atoms with Gasteiger partial charge in [0.25, 0.3) is 5.91 Å². The Morgan fingerprint density at radius 1 is 1.17 bits per heavy atom. The summed E-state index contributed by atoms with van der Waals surface area (Å²) in [5.41, 5.74) is 0.976. The molecule has 1 N–H and O–H groups in total. The monoisotopic (exact) mass is 538 g/mol. The number of benzene rings is 2. The van der Waals surface area contributed by atoms with Gasteiger partial charge in [-0.1, -0.05) is 53.0 Å². The molecule has 0 unspecified atom stereocenters. The zero-order valence-electron chi connectivity index (χ0n) is 19.2. The molecule has 0 bridgehead atoms. The fourth-order valence-electron chi connectivity index (χ4n) is 3.35. The van der Waals surface area contributed by atoms with Crippen molar-refractivity contribution in [1.82, 2.24) is 14.5 Å². The summed E-state index contributed by atoms with van der Waals surface area (Å²) in [6.07, 6.45) is 1.01. The van der Waals surface area contributed by atoms with Crippen LogP contribution in [0.25, 0.3) is 0 Å². The Morgan fingerprint density at radius 3 is 2.51 bits per heavy atom. The second kappa shape index (κ2) is 12.3. The van der Waals surface area contributed by atoms with Crippen LogP contribution < -0.4 is 9.64 Å². The third kappa shape index (κ3) is 6.27. The summed E-state index contributed by atoms with van der Waals surface area (Å²) in [5.74, 6) is 0.00238. The number of rotatable bonds is 11. The molecule has 11 heteroatoms. The zero-order valence-corrected chi connectivity index (χ0v) is 21.5. The minimum atomic E-state index is -0.387. The van der Waals surface area contributed by atoms with Crippen LogP contribution in [-0.4, -0.2) is 58.6 Å². The number of imidazole rings is 1. The molecule has 1 aromatic heterocycles. The first-order chi connectivity index (χ1) is 16.8. The maximum atomic E-state index is 13.6. The number of anilines is 1. The van der Waals surface area contributed by atoms with E-state index in [1.54, 1.807) is 48.9 Å². The highest BCUT2D eigenvalue weighted by Crippen LogP contribution is 2.37. The molecule has 1 heterocycles. The Hall–Kier alpha value is -2.78. The Labute approximate surface area is 218 Å². The number of halogens is 3. The highest BCUT2D eigenvalue weighted by molar-refractivity contribution is 6.42. The third-order valence-corrected chi connectivity index (χ3v) is 6.28. The van der Waals surface area contributed by atoms with Gasteiger partial charge in [0.15, 0.2) is 17.3 Å². The summed E-state index contributed by atoms with van der Waals surface area (Å²) in [7, 11) is 1.62. The molecule has 8 nitrogen and oxygen atoms in total. The minimum absolute atomic E-state index is 0.0540. The summed E-state index contributed by atoms with van der Waals surface area (Å²) >= 11 is 18.5. The highest BCUT2D eigenvalue weighted by Gasteiger charge is 2.30. The Kier molecular flexibility index (Phi) is 9.40. The van der Waals surface area contributed by atoms with Crippen LogP contribution in [0.4, 0.5) is 5.82 Å². The van der Waals surface area contributed by atoms with E-state index in [2.05, 4.69) is 4.98 Å². The van der Waals surface area contributed by atoms with Crippen molar-refractivity contribution in [3.8, 4) is 11.8 Å². The fourth-order valence-corrected chi connectivity index (χ4v) is 3.81. The third-order valence-electron chi connectivity index (χ3n) is 5.23. The van der Waals surface area contributed by atoms with Gasteiger partial charge in [-0.05, 0) is 43.2 Å². The van der Waals surface area contributed by atoms with Crippen molar-refractivity contribution in [2.75, 3.05) is 31.6 Å². The second-order valence-electron chi connectivity index (χ2n) is 7.63. The molecule has 0 spiro atoms. The van der Waals surface area contributed by atoms with E-state index >= 15 is 0 Å². The average molecular weight is 540 g/mol. The van der Waals surface area contributed by atoms with E-state index in [1.165, 1.54) is 9.80 Å². The van der Waals surface area contributed by atoms with Crippen molar-refractivity contribution in [2.24, 2.45) is 0 Å². The molecule has 0 fully saturated rings. The number of carbonyl (C=O) groups excluding carboxylic acids is 2. The van der Waals surface area contributed by atoms with Gasteiger partial charge in [-0.15, -0.1) is 0 Å². The van der Waals surface area contributed by atoms with Gasteiger partial charge in [0, 0.05) is 31.8 Å². The van der Waals surface area contributed by atoms with Gasteiger partial charge in [0.05, 0.1) is 11.6 Å². The molecule has 0 radical (unpaired) electrons. The Morgan fingerprint density at radius 2 is 1.89 bits per heavy atom. The zero-order chi connectivity index (χ0) is 25.5. The predicted octanol–water partition coefficient (Wildman–Crippen LogP) is 5.12.